The van der Waals surface area contributed by atoms with Crippen LogP contribution in [-0.4, -0.2) is 47.5 Å². The molecule has 0 saturated carbocycles. The number of amides is 1. The van der Waals surface area contributed by atoms with Crippen LogP contribution in [0.25, 0.3) is 17.2 Å². The zero-order valence-electron chi connectivity index (χ0n) is 18.8. The fraction of sp³-hybridized carbons (Fsp3) is 0.360. The molecule has 1 radical (unpaired) electrons. The summed E-state index contributed by atoms with van der Waals surface area (Å²) >= 11 is 0. The normalized spacial score (nSPS) is 17.7. The zero-order chi connectivity index (χ0) is 24.1. The second-order valence-electron chi connectivity index (χ2n) is 8.02. The topological polar surface area (TPSA) is 108 Å². The van der Waals surface area contributed by atoms with E-state index in [0.29, 0.717) is 48.4 Å². The lowest BCUT2D eigenvalue weighted by Crippen LogP contribution is -2.48. The first-order valence-electron chi connectivity index (χ1n) is 11.3. The van der Waals surface area contributed by atoms with Crippen LogP contribution >= 0.6 is 0 Å². The molecule has 2 aromatic rings. The van der Waals surface area contributed by atoms with Gasteiger partial charge in [0, 0.05) is 24.6 Å². The fourth-order valence-corrected chi connectivity index (χ4v) is 4.29. The van der Waals surface area contributed by atoms with Crippen LogP contribution in [0.3, 0.4) is 0 Å². The number of hydrogen-bond acceptors (Lipinski definition) is 7. The summed E-state index contributed by atoms with van der Waals surface area (Å²) in [6.45, 7) is 2.82. The Morgan fingerprint density at radius 1 is 1.32 bits per heavy atom. The average Bonchev–Trinajstić information content (AvgIpc) is 2.86. The lowest BCUT2D eigenvalue weighted by Gasteiger charge is -2.33. The number of nitro benzene ring substituents is 1. The molecule has 9 heteroatoms. The summed E-state index contributed by atoms with van der Waals surface area (Å²) in [5, 5.41) is 11.8. The smallest absolute Gasteiger partial charge is 0.328 e. The number of likely N-dealkylation sites (tertiary alicyclic amines) is 1. The van der Waals surface area contributed by atoms with E-state index in [0.717, 1.165) is 18.4 Å². The van der Waals surface area contributed by atoms with Crippen molar-refractivity contribution in [2.75, 3.05) is 19.8 Å². The van der Waals surface area contributed by atoms with E-state index in [1.54, 1.807) is 31.2 Å². The Kier molecular flexibility index (Phi) is 7.22. The molecule has 2 heterocycles. The summed E-state index contributed by atoms with van der Waals surface area (Å²) in [6, 6.07) is 10.5. The van der Waals surface area contributed by atoms with Crippen LogP contribution in [0.4, 0.5) is 5.69 Å². The maximum absolute atomic E-state index is 13.0. The predicted octanol–water partition coefficient (Wildman–Crippen LogP) is 3.89. The lowest BCUT2D eigenvalue weighted by molar-refractivity contribution is -0.384. The number of carbonyl (C=O) groups is 2. The van der Waals surface area contributed by atoms with Crippen LogP contribution in [0, 0.1) is 16.2 Å². The Balaban J connectivity index is 1.67. The highest BCUT2D eigenvalue weighted by molar-refractivity contribution is 5.96. The number of carbonyl (C=O) groups excluding carboxylic acids is 2. The number of nitro groups is 1. The minimum Gasteiger partial charge on any atom is -0.464 e. The van der Waals surface area contributed by atoms with E-state index < -0.39 is 16.9 Å². The zero-order valence-corrected chi connectivity index (χ0v) is 18.8. The van der Waals surface area contributed by atoms with Crippen LogP contribution in [0.1, 0.15) is 37.3 Å². The molecule has 2 aromatic carbocycles. The highest BCUT2D eigenvalue weighted by Crippen LogP contribution is 2.37. The average molecular weight is 465 g/mol. The first-order valence-corrected chi connectivity index (χ1v) is 11.3. The second kappa shape index (κ2) is 10.5. The van der Waals surface area contributed by atoms with E-state index >= 15 is 0 Å². The molecule has 0 spiro atoms. The van der Waals surface area contributed by atoms with Crippen molar-refractivity contribution in [1.82, 2.24) is 4.90 Å². The van der Waals surface area contributed by atoms with Gasteiger partial charge in [0.1, 0.15) is 6.04 Å². The first-order chi connectivity index (χ1) is 16.5. The third-order valence-electron chi connectivity index (χ3n) is 5.89. The molecule has 1 unspecified atom stereocenters. The number of piperidine rings is 1. The molecule has 0 aromatic heterocycles. The molecular weight excluding hydrogens is 440 g/mol. The van der Waals surface area contributed by atoms with Crippen LogP contribution in [-0.2, 0) is 25.6 Å². The van der Waals surface area contributed by atoms with E-state index in [2.05, 4.69) is 6.07 Å². The molecule has 2 aliphatic heterocycles. The largest absolute Gasteiger partial charge is 0.464 e. The summed E-state index contributed by atoms with van der Waals surface area (Å²) in [6.07, 6.45) is 5.71. The maximum Gasteiger partial charge on any atom is 0.328 e. The van der Waals surface area contributed by atoms with Gasteiger partial charge in [0.25, 0.3) is 5.69 Å². The first kappa shape index (κ1) is 23.4. The Labute approximate surface area is 197 Å². The Hall–Kier alpha value is -3.72. The number of nitrogens with zero attached hydrogens (tertiary/aromatic N) is 2. The van der Waals surface area contributed by atoms with Crippen LogP contribution < -0.4 is 4.89 Å². The molecule has 1 saturated heterocycles. The minimum absolute atomic E-state index is 0.190. The fourth-order valence-electron chi connectivity index (χ4n) is 4.29. The molecule has 34 heavy (non-hydrogen) atoms. The van der Waals surface area contributed by atoms with Crippen LogP contribution in [0.2, 0.25) is 0 Å². The minimum atomic E-state index is -0.619. The van der Waals surface area contributed by atoms with Gasteiger partial charge in [-0.1, -0.05) is 12.1 Å². The molecule has 0 bridgehead atoms. The number of hydrogen-bond donors (Lipinski definition) is 0. The Morgan fingerprint density at radius 3 is 2.97 bits per heavy atom. The van der Waals surface area contributed by atoms with E-state index in [1.165, 1.54) is 17.0 Å². The SMILES string of the molecule is CCOC(=O)C1CCCCN1C(=O)/C=C/c1cc[c]c([N+](=O)[O-])c1-c1ccc2c(c1)CCOO2. The summed E-state index contributed by atoms with van der Waals surface area (Å²) in [4.78, 5) is 48.3. The van der Waals surface area contributed by atoms with Crippen LogP contribution in [0.5, 0.6) is 5.75 Å². The van der Waals surface area contributed by atoms with Gasteiger partial charge in [0.2, 0.25) is 5.91 Å². The van der Waals surface area contributed by atoms with Crippen molar-refractivity contribution in [3.8, 4) is 16.9 Å². The second-order valence-corrected chi connectivity index (χ2v) is 8.02. The molecule has 4 rings (SSSR count). The van der Waals surface area contributed by atoms with Crippen LogP contribution in [0.15, 0.2) is 36.4 Å². The molecular formula is C25H25N2O7. The van der Waals surface area contributed by atoms with Crippen molar-refractivity contribution in [2.24, 2.45) is 0 Å². The summed E-state index contributed by atoms with van der Waals surface area (Å²) in [5.41, 5.74) is 2.15. The van der Waals surface area contributed by atoms with Gasteiger partial charge in [0.05, 0.1) is 29.8 Å². The Bertz CT molecular complexity index is 1130. The van der Waals surface area contributed by atoms with Gasteiger partial charge < -0.3 is 14.5 Å². The number of benzene rings is 2. The van der Waals surface area contributed by atoms with Gasteiger partial charge in [-0.25, -0.2) is 4.79 Å². The predicted molar refractivity (Wildman–Crippen MR) is 123 cm³/mol. The van der Waals surface area contributed by atoms with Gasteiger partial charge >= 0.3 is 5.97 Å². The van der Waals surface area contributed by atoms with Gasteiger partial charge in [-0.2, -0.15) is 4.89 Å². The molecule has 0 aliphatic carbocycles. The van der Waals surface area contributed by atoms with Crippen molar-refractivity contribution in [3.63, 3.8) is 0 Å². The maximum atomic E-state index is 13.0. The van der Waals surface area contributed by atoms with E-state index in [1.807, 2.05) is 6.07 Å². The van der Waals surface area contributed by atoms with Gasteiger partial charge in [0.15, 0.2) is 5.75 Å². The van der Waals surface area contributed by atoms with Gasteiger partial charge in [-0.15, -0.1) is 0 Å². The third-order valence-corrected chi connectivity index (χ3v) is 5.89. The number of rotatable bonds is 6. The summed E-state index contributed by atoms with van der Waals surface area (Å²) in [5.74, 6) is -0.176. The molecule has 177 valence electrons. The molecule has 2 aliphatic rings. The summed E-state index contributed by atoms with van der Waals surface area (Å²) in [7, 11) is 0. The third kappa shape index (κ3) is 4.94. The van der Waals surface area contributed by atoms with Crippen molar-refractivity contribution in [2.45, 2.75) is 38.6 Å². The summed E-state index contributed by atoms with van der Waals surface area (Å²) < 4.78 is 5.13. The quantitative estimate of drug-likeness (QED) is 0.209. The monoisotopic (exact) mass is 465 g/mol. The van der Waals surface area contributed by atoms with Crippen molar-refractivity contribution in [1.29, 1.82) is 0 Å². The molecule has 1 amide bonds. The van der Waals surface area contributed by atoms with Crippen molar-refractivity contribution >= 4 is 23.6 Å². The number of fused-ring (bicyclic) bond motifs is 1. The van der Waals surface area contributed by atoms with Crippen molar-refractivity contribution < 1.29 is 29.0 Å². The van der Waals surface area contributed by atoms with Crippen molar-refractivity contribution in [3.05, 3.63) is 63.7 Å². The molecule has 9 nitrogen and oxygen atoms in total. The number of esters is 1. The van der Waals surface area contributed by atoms with E-state index in [4.69, 9.17) is 14.5 Å². The molecule has 0 N–H and O–H groups in total. The standard InChI is InChI=1S/C25H25N2O7/c1-2-32-25(29)21-7-3-4-14-26(21)23(28)12-10-17-6-5-8-20(27(30)31)24(17)19-9-11-22-18(16-19)13-15-33-34-22/h5-6,9-12,16,21H,2-4,7,13-15H2,1H3/b12-10+. The highest BCUT2D eigenvalue weighted by Gasteiger charge is 2.32. The van der Waals surface area contributed by atoms with E-state index in [-0.39, 0.29) is 18.2 Å². The number of ether oxygens (including phenoxy) is 1. The van der Waals surface area contributed by atoms with Gasteiger partial charge in [-0.05, 0) is 61.6 Å². The highest BCUT2D eigenvalue weighted by atomic mass is 17.2. The molecule has 1 fully saturated rings. The lowest BCUT2D eigenvalue weighted by atomic mass is 9.94. The Morgan fingerprint density at radius 2 is 2.18 bits per heavy atom. The van der Waals surface area contributed by atoms with Gasteiger partial charge in [-0.3, -0.25) is 14.9 Å². The molecule has 1 atom stereocenters. The van der Waals surface area contributed by atoms with E-state index in [9.17, 15) is 19.7 Å².